The number of carbonyl (C=O) groups is 1. The van der Waals surface area contributed by atoms with E-state index in [1.165, 1.54) is 0 Å². The minimum Gasteiger partial charge on any atom is -0.381 e. The number of nitrogens with one attached hydrogen (secondary N) is 2. The van der Waals surface area contributed by atoms with Gasteiger partial charge in [0.2, 0.25) is 5.91 Å². The van der Waals surface area contributed by atoms with Crippen LogP contribution in [0.15, 0.2) is 0 Å². The highest BCUT2D eigenvalue weighted by Gasteiger charge is 2.23. The zero-order valence-corrected chi connectivity index (χ0v) is 9.13. The molecule has 2 aliphatic rings. The summed E-state index contributed by atoms with van der Waals surface area (Å²) in [6.45, 7) is 3.16. The molecule has 0 bridgehead atoms. The largest absolute Gasteiger partial charge is 0.381 e. The molecule has 0 radical (unpaired) electrons. The Labute approximate surface area is 90.8 Å². The molecule has 4 heteroatoms. The van der Waals surface area contributed by atoms with Crippen LogP contribution in [0.5, 0.6) is 0 Å². The van der Waals surface area contributed by atoms with Gasteiger partial charge in [0.1, 0.15) is 0 Å². The summed E-state index contributed by atoms with van der Waals surface area (Å²) >= 11 is 0. The summed E-state index contributed by atoms with van der Waals surface area (Å²) in [5, 5.41) is 6.19. The molecule has 0 unspecified atom stereocenters. The maximum absolute atomic E-state index is 11.3. The molecule has 2 N–H and O–H groups in total. The van der Waals surface area contributed by atoms with Gasteiger partial charge < -0.3 is 15.4 Å². The summed E-state index contributed by atoms with van der Waals surface area (Å²) in [4.78, 5) is 11.3. The van der Waals surface area contributed by atoms with Gasteiger partial charge in [-0.25, -0.2) is 0 Å². The highest BCUT2D eigenvalue weighted by atomic mass is 16.5. The molecule has 1 saturated heterocycles. The van der Waals surface area contributed by atoms with Crippen molar-refractivity contribution in [3.05, 3.63) is 0 Å². The molecule has 0 spiro atoms. The molecule has 86 valence electrons. The van der Waals surface area contributed by atoms with Gasteiger partial charge in [-0.2, -0.15) is 0 Å². The Morgan fingerprint density at radius 2 is 1.93 bits per heavy atom. The molecule has 0 atom stereocenters. The molecular weight excluding hydrogens is 192 g/mol. The highest BCUT2D eigenvalue weighted by Crippen LogP contribution is 2.18. The van der Waals surface area contributed by atoms with E-state index in [0.717, 1.165) is 45.4 Å². The average molecular weight is 212 g/mol. The van der Waals surface area contributed by atoms with E-state index in [0.29, 0.717) is 18.5 Å². The predicted molar refractivity (Wildman–Crippen MR) is 57.6 cm³/mol. The summed E-state index contributed by atoms with van der Waals surface area (Å²) in [5.74, 6) is 0.831. The zero-order chi connectivity index (χ0) is 10.5. The van der Waals surface area contributed by atoms with E-state index in [9.17, 15) is 4.79 Å². The van der Waals surface area contributed by atoms with Gasteiger partial charge in [0.25, 0.3) is 0 Å². The molecule has 1 amide bonds. The van der Waals surface area contributed by atoms with E-state index in [4.69, 9.17) is 4.74 Å². The molecule has 1 aliphatic carbocycles. The van der Waals surface area contributed by atoms with E-state index < -0.39 is 0 Å². The van der Waals surface area contributed by atoms with Crippen LogP contribution in [-0.2, 0) is 9.53 Å². The van der Waals surface area contributed by atoms with Crippen molar-refractivity contribution in [1.29, 1.82) is 0 Å². The van der Waals surface area contributed by atoms with Crippen LogP contribution in [0.3, 0.4) is 0 Å². The van der Waals surface area contributed by atoms with Crippen LogP contribution in [0.4, 0.5) is 0 Å². The summed E-state index contributed by atoms with van der Waals surface area (Å²) in [7, 11) is 0. The summed E-state index contributed by atoms with van der Waals surface area (Å²) in [6.07, 6.45) is 4.56. The Hall–Kier alpha value is -0.610. The fourth-order valence-corrected chi connectivity index (χ4v) is 1.85. The summed E-state index contributed by atoms with van der Waals surface area (Å²) < 4.78 is 5.28. The lowest BCUT2D eigenvalue weighted by atomic mass is 10.0. The van der Waals surface area contributed by atoms with Crippen molar-refractivity contribution in [2.75, 3.05) is 26.3 Å². The van der Waals surface area contributed by atoms with E-state index in [2.05, 4.69) is 10.6 Å². The van der Waals surface area contributed by atoms with Gasteiger partial charge in [0, 0.05) is 19.3 Å². The fourth-order valence-electron chi connectivity index (χ4n) is 1.85. The van der Waals surface area contributed by atoms with Crippen LogP contribution >= 0.6 is 0 Å². The number of carbonyl (C=O) groups excluding carboxylic acids is 1. The van der Waals surface area contributed by atoms with Crippen LogP contribution in [0.2, 0.25) is 0 Å². The molecule has 2 fully saturated rings. The Morgan fingerprint density at radius 1 is 1.20 bits per heavy atom. The van der Waals surface area contributed by atoms with Gasteiger partial charge in [-0.15, -0.1) is 0 Å². The van der Waals surface area contributed by atoms with Crippen LogP contribution in [0, 0.1) is 5.92 Å². The predicted octanol–water partition coefficient (Wildman–Crippen LogP) is 0.281. The Balaban J connectivity index is 1.51. The van der Waals surface area contributed by atoms with E-state index >= 15 is 0 Å². The molecule has 2 rings (SSSR count). The number of amides is 1. The normalized spacial score (nSPS) is 22.7. The molecule has 1 aliphatic heterocycles. The van der Waals surface area contributed by atoms with Gasteiger partial charge in [0.15, 0.2) is 0 Å². The van der Waals surface area contributed by atoms with Crippen molar-refractivity contribution in [1.82, 2.24) is 10.6 Å². The van der Waals surface area contributed by atoms with Gasteiger partial charge in [-0.3, -0.25) is 4.79 Å². The Morgan fingerprint density at radius 3 is 2.60 bits per heavy atom. The highest BCUT2D eigenvalue weighted by molar-refractivity contribution is 5.78. The fraction of sp³-hybridized carbons (Fsp3) is 0.909. The minimum absolute atomic E-state index is 0.143. The van der Waals surface area contributed by atoms with Crippen molar-refractivity contribution in [2.24, 2.45) is 5.92 Å². The smallest absolute Gasteiger partial charge is 0.234 e. The van der Waals surface area contributed by atoms with Crippen molar-refractivity contribution >= 4 is 5.91 Å². The molecule has 4 nitrogen and oxygen atoms in total. The second-order valence-electron chi connectivity index (χ2n) is 4.53. The maximum Gasteiger partial charge on any atom is 0.234 e. The first-order chi connectivity index (χ1) is 7.34. The third-order valence-electron chi connectivity index (χ3n) is 3.00. The van der Waals surface area contributed by atoms with Gasteiger partial charge in [-0.1, -0.05) is 0 Å². The Kier molecular flexibility index (Phi) is 3.97. The second kappa shape index (κ2) is 5.47. The molecule has 1 heterocycles. The maximum atomic E-state index is 11.3. The topological polar surface area (TPSA) is 50.4 Å². The van der Waals surface area contributed by atoms with Crippen LogP contribution < -0.4 is 10.6 Å². The lowest BCUT2D eigenvalue weighted by Gasteiger charge is -2.22. The van der Waals surface area contributed by atoms with E-state index in [-0.39, 0.29) is 5.91 Å². The third kappa shape index (κ3) is 4.18. The van der Waals surface area contributed by atoms with Crippen LogP contribution in [0.25, 0.3) is 0 Å². The van der Waals surface area contributed by atoms with Crippen LogP contribution in [0.1, 0.15) is 25.7 Å². The summed E-state index contributed by atoms with van der Waals surface area (Å²) in [5.41, 5.74) is 0. The number of ether oxygens (including phenoxy) is 1. The lowest BCUT2D eigenvalue weighted by molar-refractivity contribution is -0.120. The first-order valence-corrected chi connectivity index (χ1v) is 5.92. The van der Waals surface area contributed by atoms with Gasteiger partial charge in [-0.05, 0) is 38.1 Å². The van der Waals surface area contributed by atoms with Crippen LogP contribution in [-0.4, -0.2) is 38.3 Å². The molecule has 0 aromatic carbocycles. The van der Waals surface area contributed by atoms with Crippen molar-refractivity contribution in [2.45, 2.75) is 31.7 Å². The quantitative estimate of drug-likeness (QED) is 0.688. The number of hydrogen-bond acceptors (Lipinski definition) is 3. The number of hydrogen-bond donors (Lipinski definition) is 2. The standard InChI is InChI=1S/C11H20N2O2/c14-11(13-10-1-2-10)8-12-7-9-3-5-15-6-4-9/h9-10,12H,1-8H2,(H,13,14). The third-order valence-corrected chi connectivity index (χ3v) is 3.00. The number of rotatable bonds is 5. The average Bonchev–Trinajstić information content (AvgIpc) is 3.03. The van der Waals surface area contributed by atoms with Crippen molar-refractivity contribution < 1.29 is 9.53 Å². The van der Waals surface area contributed by atoms with E-state index in [1.54, 1.807) is 0 Å². The zero-order valence-electron chi connectivity index (χ0n) is 9.13. The van der Waals surface area contributed by atoms with E-state index in [1.807, 2.05) is 0 Å². The van der Waals surface area contributed by atoms with Crippen molar-refractivity contribution in [3.8, 4) is 0 Å². The van der Waals surface area contributed by atoms with Gasteiger partial charge >= 0.3 is 0 Å². The summed E-state index contributed by atoms with van der Waals surface area (Å²) in [6, 6.07) is 0.474. The van der Waals surface area contributed by atoms with Crippen molar-refractivity contribution in [3.63, 3.8) is 0 Å². The first-order valence-electron chi connectivity index (χ1n) is 5.92. The second-order valence-corrected chi connectivity index (χ2v) is 4.53. The lowest BCUT2D eigenvalue weighted by Crippen LogP contribution is -2.37. The molecule has 15 heavy (non-hydrogen) atoms. The molecule has 0 aromatic rings. The molecule has 1 saturated carbocycles. The molecule has 0 aromatic heterocycles. The Bertz CT molecular complexity index is 211. The SMILES string of the molecule is O=C(CNCC1CCOCC1)NC1CC1. The first kappa shape index (κ1) is 10.9. The minimum atomic E-state index is 0.143. The van der Waals surface area contributed by atoms with Gasteiger partial charge in [0.05, 0.1) is 6.54 Å². The monoisotopic (exact) mass is 212 g/mol. The molecular formula is C11H20N2O2.